The van der Waals surface area contributed by atoms with E-state index in [2.05, 4.69) is 32.3 Å². The van der Waals surface area contributed by atoms with Crippen LogP contribution in [-0.2, 0) is 0 Å². The van der Waals surface area contributed by atoms with Crippen molar-refractivity contribution < 1.29 is 0 Å². The SMILES string of the molecule is O=c1cc[nH]c2nc3cc(N4CCNCC4)ccc3cc12. The summed E-state index contributed by atoms with van der Waals surface area (Å²) < 4.78 is 0. The van der Waals surface area contributed by atoms with Crippen molar-refractivity contribution in [2.75, 3.05) is 31.1 Å². The zero-order chi connectivity index (χ0) is 14.2. The van der Waals surface area contributed by atoms with Gasteiger partial charge in [0.2, 0.25) is 0 Å². The summed E-state index contributed by atoms with van der Waals surface area (Å²) in [6.45, 7) is 4.04. The molecule has 3 heterocycles. The fourth-order valence-electron chi connectivity index (χ4n) is 2.86. The molecule has 5 nitrogen and oxygen atoms in total. The Morgan fingerprint density at radius 1 is 1.10 bits per heavy atom. The number of benzene rings is 1. The fraction of sp³-hybridized carbons (Fsp3) is 0.250. The molecule has 0 amide bonds. The average molecular weight is 280 g/mol. The number of rotatable bonds is 1. The van der Waals surface area contributed by atoms with Gasteiger partial charge in [-0.2, -0.15) is 0 Å². The topological polar surface area (TPSA) is 61.0 Å². The molecule has 0 saturated carbocycles. The Labute approximate surface area is 121 Å². The van der Waals surface area contributed by atoms with E-state index in [1.54, 1.807) is 6.20 Å². The van der Waals surface area contributed by atoms with Crippen molar-refractivity contribution in [2.24, 2.45) is 0 Å². The van der Waals surface area contributed by atoms with Crippen LogP contribution in [0.2, 0.25) is 0 Å². The summed E-state index contributed by atoms with van der Waals surface area (Å²) in [6, 6.07) is 9.71. The van der Waals surface area contributed by atoms with Gasteiger partial charge in [0, 0.05) is 49.5 Å². The van der Waals surface area contributed by atoms with Crippen molar-refractivity contribution in [2.45, 2.75) is 0 Å². The molecule has 0 aliphatic carbocycles. The molecule has 1 aliphatic rings. The molecule has 1 aromatic carbocycles. The van der Waals surface area contributed by atoms with E-state index in [0.29, 0.717) is 11.0 Å². The summed E-state index contributed by atoms with van der Waals surface area (Å²) in [7, 11) is 0. The molecule has 106 valence electrons. The Kier molecular flexibility index (Phi) is 2.86. The third-order valence-corrected chi connectivity index (χ3v) is 4.00. The van der Waals surface area contributed by atoms with Crippen LogP contribution in [-0.4, -0.2) is 36.1 Å². The normalized spacial score (nSPS) is 15.7. The average Bonchev–Trinajstić information content (AvgIpc) is 2.54. The third kappa shape index (κ3) is 2.15. The zero-order valence-electron chi connectivity index (χ0n) is 11.6. The highest BCUT2D eigenvalue weighted by Crippen LogP contribution is 2.23. The maximum absolute atomic E-state index is 11.9. The number of hydrogen-bond acceptors (Lipinski definition) is 4. The second-order valence-electron chi connectivity index (χ2n) is 5.34. The number of aromatic amines is 1. The maximum Gasteiger partial charge on any atom is 0.191 e. The van der Waals surface area contributed by atoms with Gasteiger partial charge in [0.15, 0.2) is 5.43 Å². The first-order valence-corrected chi connectivity index (χ1v) is 7.19. The lowest BCUT2D eigenvalue weighted by atomic mass is 10.1. The van der Waals surface area contributed by atoms with E-state index in [9.17, 15) is 4.79 Å². The van der Waals surface area contributed by atoms with Crippen LogP contribution in [0.4, 0.5) is 5.69 Å². The molecule has 4 rings (SSSR count). The number of pyridine rings is 2. The van der Waals surface area contributed by atoms with Gasteiger partial charge < -0.3 is 15.2 Å². The van der Waals surface area contributed by atoms with Gasteiger partial charge in [0.05, 0.1) is 10.9 Å². The summed E-state index contributed by atoms with van der Waals surface area (Å²) in [5.41, 5.74) is 2.76. The lowest BCUT2D eigenvalue weighted by Gasteiger charge is -2.29. The number of aromatic nitrogens is 2. The number of H-pyrrole nitrogens is 1. The van der Waals surface area contributed by atoms with Crippen molar-refractivity contribution in [3.8, 4) is 0 Å². The van der Waals surface area contributed by atoms with E-state index in [4.69, 9.17) is 0 Å². The maximum atomic E-state index is 11.9. The molecule has 1 saturated heterocycles. The number of fused-ring (bicyclic) bond motifs is 2. The van der Waals surface area contributed by atoms with E-state index in [1.165, 1.54) is 11.8 Å². The summed E-state index contributed by atoms with van der Waals surface area (Å²) >= 11 is 0. The lowest BCUT2D eigenvalue weighted by Crippen LogP contribution is -2.43. The first-order chi connectivity index (χ1) is 10.3. The molecule has 0 atom stereocenters. The fourth-order valence-corrected chi connectivity index (χ4v) is 2.86. The Balaban J connectivity index is 1.87. The first-order valence-electron chi connectivity index (χ1n) is 7.19. The summed E-state index contributed by atoms with van der Waals surface area (Å²) in [5.74, 6) is 0. The van der Waals surface area contributed by atoms with Crippen molar-refractivity contribution >= 4 is 27.6 Å². The van der Waals surface area contributed by atoms with E-state index >= 15 is 0 Å². The molecule has 0 unspecified atom stereocenters. The molecule has 1 fully saturated rings. The van der Waals surface area contributed by atoms with Crippen LogP contribution in [0.25, 0.3) is 21.9 Å². The predicted molar refractivity (Wildman–Crippen MR) is 85.0 cm³/mol. The Morgan fingerprint density at radius 2 is 1.95 bits per heavy atom. The van der Waals surface area contributed by atoms with E-state index < -0.39 is 0 Å². The minimum absolute atomic E-state index is 0.00401. The third-order valence-electron chi connectivity index (χ3n) is 4.00. The molecule has 0 bridgehead atoms. The Bertz CT molecular complexity index is 865. The van der Waals surface area contributed by atoms with Crippen molar-refractivity contribution in [3.05, 3.63) is 46.8 Å². The Hall–Kier alpha value is -2.40. The number of nitrogens with one attached hydrogen (secondary N) is 2. The molecular weight excluding hydrogens is 264 g/mol. The van der Waals surface area contributed by atoms with Gasteiger partial charge in [-0.1, -0.05) is 6.07 Å². The highest BCUT2D eigenvalue weighted by molar-refractivity contribution is 5.92. The minimum atomic E-state index is 0.00401. The zero-order valence-corrected chi connectivity index (χ0v) is 11.6. The van der Waals surface area contributed by atoms with Crippen LogP contribution in [0.5, 0.6) is 0 Å². The van der Waals surface area contributed by atoms with Crippen molar-refractivity contribution in [3.63, 3.8) is 0 Å². The molecule has 0 spiro atoms. The summed E-state index contributed by atoms with van der Waals surface area (Å²) in [5, 5.41) is 4.99. The largest absolute Gasteiger partial charge is 0.369 e. The van der Waals surface area contributed by atoms with Gasteiger partial charge in [-0.15, -0.1) is 0 Å². The number of nitrogens with zero attached hydrogens (tertiary/aromatic N) is 2. The van der Waals surface area contributed by atoms with Crippen LogP contribution in [0.3, 0.4) is 0 Å². The first kappa shape index (κ1) is 12.3. The van der Waals surface area contributed by atoms with Gasteiger partial charge in [0.1, 0.15) is 5.65 Å². The van der Waals surface area contributed by atoms with E-state index in [-0.39, 0.29) is 5.43 Å². The molecule has 1 aliphatic heterocycles. The summed E-state index contributed by atoms with van der Waals surface area (Å²) in [4.78, 5) is 21.9. The standard InChI is InChI=1S/C16H16N4O/c21-15-3-4-18-16-13(15)9-11-1-2-12(10-14(11)19-16)20-7-5-17-6-8-20/h1-4,9-10,17H,5-8H2,(H,18,19,21). The smallest absolute Gasteiger partial charge is 0.191 e. The van der Waals surface area contributed by atoms with E-state index in [1.807, 2.05) is 12.1 Å². The van der Waals surface area contributed by atoms with Crippen LogP contribution < -0.4 is 15.6 Å². The van der Waals surface area contributed by atoms with Crippen molar-refractivity contribution in [1.29, 1.82) is 0 Å². The molecule has 2 aromatic heterocycles. The monoisotopic (exact) mass is 280 g/mol. The Morgan fingerprint density at radius 3 is 2.81 bits per heavy atom. The number of piperazine rings is 1. The predicted octanol–water partition coefficient (Wildman–Crippen LogP) is 1.49. The lowest BCUT2D eigenvalue weighted by molar-refractivity contribution is 0.589. The van der Waals surface area contributed by atoms with Gasteiger partial charge in [-0.25, -0.2) is 4.98 Å². The van der Waals surface area contributed by atoms with Crippen LogP contribution in [0.15, 0.2) is 41.3 Å². The van der Waals surface area contributed by atoms with Gasteiger partial charge in [-0.3, -0.25) is 4.79 Å². The number of anilines is 1. The van der Waals surface area contributed by atoms with Crippen LogP contribution >= 0.6 is 0 Å². The highest BCUT2D eigenvalue weighted by Gasteiger charge is 2.11. The molecule has 3 aromatic rings. The molecule has 21 heavy (non-hydrogen) atoms. The summed E-state index contributed by atoms with van der Waals surface area (Å²) in [6.07, 6.45) is 1.64. The van der Waals surface area contributed by atoms with Crippen LogP contribution in [0.1, 0.15) is 0 Å². The van der Waals surface area contributed by atoms with Gasteiger partial charge in [-0.05, 0) is 18.2 Å². The second-order valence-corrected chi connectivity index (χ2v) is 5.34. The van der Waals surface area contributed by atoms with Crippen LogP contribution in [0, 0.1) is 0 Å². The molecular formula is C16H16N4O. The quantitative estimate of drug-likeness (QED) is 0.663. The van der Waals surface area contributed by atoms with E-state index in [0.717, 1.165) is 37.1 Å². The molecule has 2 N–H and O–H groups in total. The van der Waals surface area contributed by atoms with Crippen molar-refractivity contribution in [1.82, 2.24) is 15.3 Å². The number of hydrogen-bond donors (Lipinski definition) is 2. The molecule has 5 heteroatoms. The second kappa shape index (κ2) is 4.86. The minimum Gasteiger partial charge on any atom is -0.369 e. The molecule has 0 radical (unpaired) electrons. The van der Waals surface area contributed by atoms with Gasteiger partial charge in [0.25, 0.3) is 0 Å². The van der Waals surface area contributed by atoms with Gasteiger partial charge >= 0.3 is 0 Å². The highest BCUT2D eigenvalue weighted by atomic mass is 16.1.